The largest absolute Gasteiger partial charge is 0.339 e. The number of nitrogens with one attached hydrogen (secondary N) is 2. The second-order valence-electron chi connectivity index (χ2n) is 9.82. The molecule has 8 heteroatoms. The number of amides is 1. The maximum absolute atomic E-state index is 12.6. The predicted molar refractivity (Wildman–Crippen MR) is 147 cm³/mol. The summed E-state index contributed by atoms with van der Waals surface area (Å²) in [5.74, 6) is 0.711. The Balaban J connectivity index is 1.24. The number of rotatable bonds is 6. The maximum Gasteiger partial charge on any atom is 0.228 e. The van der Waals surface area contributed by atoms with Crippen molar-refractivity contribution in [2.75, 3.05) is 10.6 Å². The van der Waals surface area contributed by atoms with Crippen LogP contribution in [0.2, 0.25) is 0 Å². The van der Waals surface area contributed by atoms with E-state index in [4.69, 9.17) is 0 Å². The van der Waals surface area contributed by atoms with E-state index in [0.717, 1.165) is 43.4 Å². The van der Waals surface area contributed by atoms with Crippen LogP contribution in [-0.2, 0) is 23.7 Å². The van der Waals surface area contributed by atoms with Crippen LogP contribution in [0.25, 0.3) is 20.7 Å². The predicted octanol–water partition coefficient (Wildman–Crippen LogP) is 6.31. The van der Waals surface area contributed by atoms with Gasteiger partial charge in [-0.1, -0.05) is 45.0 Å². The molecule has 3 heterocycles. The lowest BCUT2D eigenvalue weighted by atomic mass is 9.87. The number of nitrogens with zero attached hydrogens (tertiary/aromatic N) is 4. The van der Waals surface area contributed by atoms with Gasteiger partial charge in [0.05, 0.1) is 22.8 Å². The molecule has 3 aromatic heterocycles. The Morgan fingerprint density at radius 3 is 2.39 bits per heavy atom. The molecule has 0 radical (unpaired) electrons. The molecule has 0 fully saturated rings. The van der Waals surface area contributed by atoms with Crippen molar-refractivity contribution in [1.82, 2.24) is 19.7 Å². The Hall–Kier alpha value is -4.04. The minimum Gasteiger partial charge on any atom is -0.339 e. The standard InChI is InChI=1S/C28H28N6OS/c1-28(2,3)20-7-11-21(12-8-20)32-25(35)13-18-5-9-22(10-6-18)33-27-26-23(29-17-30-27)14-24(36-26)19-15-31-34(4)16-19/h5-12,14-17H,13H2,1-4H3,(H,32,35)(H,29,30,33). The number of hydrogen-bond acceptors (Lipinski definition) is 6. The Morgan fingerprint density at radius 2 is 1.72 bits per heavy atom. The fourth-order valence-corrected chi connectivity index (χ4v) is 4.95. The second-order valence-corrected chi connectivity index (χ2v) is 10.9. The lowest BCUT2D eigenvalue weighted by molar-refractivity contribution is -0.115. The first-order valence-corrected chi connectivity index (χ1v) is 12.6. The highest BCUT2D eigenvalue weighted by Gasteiger charge is 2.14. The highest BCUT2D eigenvalue weighted by atomic mass is 32.1. The highest BCUT2D eigenvalue weighted by Crippen LogP contribution is 2.36. The van der Waals surface area contributed by atoms with Gasteiger partial charge in [0, 0.05) is 35.1 Å². The molecule has 0 bridgehead atoms. The van der Waals surface area contributed by atoms with E-state index in [1.807, 2.05) is 55.8 Å². The van der Waals surface area contributed by atoms with E-state index in [0.29, 0.717) is 6.42 Å². The molecular formula is C28H28N6OS. The van der Waals surface area contributed by atoms with Crippen molar-refractivity contribution in [3.05, 3.63) is 84.4 Å². The molecule has 7 nitrogen and oxygen atoms in total. The monoisotopic (exact) mass is 496 g/mol. The molecule has 0 aliphatic heterocycles. The van der Waals surface area contributed by atoms with Gasteiger partial charge in [-0.15, -0.1) is 11.3 Å². The van der Waals surface area contributed by atoms with Crippen LogP contribution in [-0.4, -0.2) is 25.7 Å². The van der Waals surface area contributed by atoms with Gasteiger partial charge in [0.25, 0.3) is 0 Å². The lowest BCUT2D eigenvalue weighted by Crippen LogP contribution is -2.15. The summed E-state index contributed by atoms with van der Waals surface area (Å²) in [5, 5.41) is 10.6. The van der Waals surface area contributed by atoms with E-state index in [9.17, 15) is 4.79 Å². The Labute approximate surface area is 214 Å². The highest BCUT2D eigenvalue weighted by molar-refractivity contribution is 7.22. The van der Waals surface area contributed by atoms with Crippen LogP contribution in [0.4, 0.5) is 17.2 Å². The van der Waals surface area contributed by atoms with Gasteiger partial charge in [0.15, 0.2) is 5.82 Å². The average molecular weight is 497 g/mol. The van der Waals surface area contributed by atoms with Gasteiger partial charge >= 0.3 is 0 Å². The summed E-state index contributed by atoms with van der Waals surface area (Å²) in [6.07, 6.45) is 5.71. The minimum atomic E-state index is -0.0433. The molecule has 5 rings (SSSR count). The molecule has 1 amide bonds. The van der Waals surface area contributed by atoms with E-state index in [-0.39, 0.29) is 11.3 Å². The van der Waals surface area contributed by atoms with Gasteiger partial charge in [-0.2, -0.15) is 5.10 Å². The van der Waals surface area contributed by atoms with Gasteiger partial charge in [-0.3, -0.25) is 9.48 Å². The van der Waals surface area contributed by atoms with Gasteiger partial charge in [0.1, 0.15) is 6.33 Å². The molecule has 0 saturated carbocycles. The number of aromatic nitrogens is 4. The summed E-state index contributed by atoms with van der Waals surface area (Å²) in [4.78, 5) is 22.5. The smallest absolute Gasteiger partial charge is 0.228 e. The zero-order valence-corrected chi connectivity index (χ0v) is 21.6. The van der Waals surface area contributed by atoms with Crippen LogP contribution < -0.4 is 10.6 Å². The molecule has 2 aromatic carbocycles. The normalized spacial score (nSPS) is 11.6. The Bertz CT molecular complexity index is 1510. The lowest BCUT2D eigenvalue weighted by Gasteiger charge is -2.19. The molecule has 0 spiro atoms. The van der Waals surface area contributed by atoms with Gasteiger partial charge in [0.2, 0.25) is 5.91 Å². The van der Waals surface area contributed by atoms with E-state index < -0.39 is 0 Å². The summed E-state index contributed by atoms with van der Waals surface area (Å²) in [5.41, 5.74) is 5.90. The molecule has 2 N–H and O–H groups in total. The van der Waals surface area contributed by atoms with Crippen molar-refractivity contribution in [3.63, 3.8) is 0 Å². The van der Waals surface area contributed by atoms with Crippen molar-refractivity contribution in [2.24, 2.45) is 7.05 Å². The van der Waals surface area contributed by atoms with Gasteiger partial charge in [-0.05, 0) is 46.9 Å². The molecular weight excluding hydrogens is 468 g/mol. The number of anilines is 3. The van der Waals surface area contributed by atoms with E-state index >= 15 is 0 Å². The Kier molecular flexibility index (Phi) is 6.28. The molecule has 5 aromatic rings. The summed E-state index contributed by atoms with van der Waals surface area (Å²) in [7, 11) is 1.90. The molecule has 0 atom stereocenters. The third-order valence-electron chi connectivity index (χ3n) is 5.92. The summed E-state index contributed by atoms with van der Waals surface area (Å²) in [6.45, 7) is 6.52. The van der Waals surface area contributed by atoms with Crippen LogP contribution >= 0.6 is 11.3 Å². The molecule has 0 saturated heterocycles. The van der Waals surface area contributed by atoms with Crippen molar-refractivity contribution < 1.29 is 4.79 Å². The zero-order chi connectivity index (χ0) is 25.3. The van der Waals surface area contributed by atoms with Crippen LogP contribution in [0.1, 0.15) is 31.9 Å². The van der Waals surface area contributed by atoms with E-state index in [2.05, 4.69) is 64.7 Å². The number of aryl methyl sites for hydroxylation is 1. The number of hydrogen-bond donors (Lipinski definition) is 2. The number of carbonyl (C=O) groups is 1. The van der Waals surface area contributed by atoms with Crippen LogP contribution in [0.3, 0.4) is 0 Å². The fourth-order valence-electron chi connectivity index (χ4n) is 3.92. The first-order valence-electron chi connectivity index (χ1n) is 11.7. The maximum atomic E-state index is 12.6. The number of thiophene rings is 1. The first kappa shape index (κ1) is 23.7. The van der Waals surface area contributed by atoms with Crippen molar-refractivity contribution in [2.45, 2.75) is 32.6 Å². The van der Waals surface area contributed by atoms with Gasteiger partial charge in [-0.25, -0.2) is 9.97 Å². The van der Waals surface area contributed by atoms with Crippen LogP contribution in [0.15, 0.2) is 73.3 Å². The fraction of sp³-hybridized carbons (Fsp3) is 0.214. The third kappa shape index (κ3) is 5.28. The summed E-state index contributed by atoms with van der Waals surface area (Å²) >= 11 is 1.63. The summed E-state index contributed by atoms with van der Waals surface area (Å²) in [6, 6.07) is 17.9. The molecule has 0 aliphatic carbocycles. The molecule has 0 unspecified atom stereocenters. The van der Waals surface area contributed by atoms with E-state index in [1.54, 1.807) is 22.3 Å². The second kappa shape index (κ2) is 9.54. The number of benzene rings is 2. The SMILES string of the molecule is Cn1cc(-c2cc3ncnc(Nc4ccc(CC(=O)Nc5ccc(C(C)(C)C)cc5)cc4)c3s2)cn1. The number of fused-ring (bicyclic) bond motifs is 1. The third-order valence-corrected chi connectivity index (χ3v) is 7.10. The first-order chi connectivity index (χ1) is 17.2. The van der Waals surface area contributed by atoms with Gasteiger partial charge < -0.3 is 10.6 Å². The minimum absolute atomic E-state index is 0.0433. The quantitative estimate of drug-likeness (QED) is 0.288. The van der Waals surface area contributed by atoms with Crippen molar-refractivity contribution in [1.29, 1.82) is 0 Å². The van der Waals surface area contributed by atoms with E-state index in [1.165, 1.54) is 5.56 Å². The van der Waals surface area contributed by atoms with Crippen molar-refractivity contribution >= 4 is 44.7 Å². The molecule has 36 heavy (non-hydrogen) atoms. The van der Waals surface area contributed by atoms with Crippen molar-refractivity contribution in [3.8, 4) is 10.4 Å². The number of carbonyl (C=O) groups excluding carboxylic acids is 1. The molecule has 182 valence electrons. The summed E-state index contributed by atoms with van der Waals surface area (Å²) < 4.78 is 2.77. The average Bonchev–Trinajstić information content (AvgIpc) is 3.47. The topological polar surface area (TPSA) is 84.7 Å². The molecule has 0 aliphatic rings. The zero-order valence-electron chi connectivity index (χ0n) is 20.7. The Morgan fingerprint density at radius 1 is 1.00 bits per heavy atom. The van der Waals surface area contributed by atoms with Crippen LogP contribution in [0.5, 0.6) is 0 Å². The van der Waals surface area contributed by atoms with Crippen LogP contribution in [0, 0.1) is 0 Å².